The van der Waals surface area contributed by atoms with Crippen molar-refractivity contribution in [3.63, 3.8) is 0 Å². The monoisotopic (exact) mass is 374 g/mol. The Balaban J connectivity index is 1.64. The second-order valence-corrected chi connectivity index (χ2v) is 5.99. The van der Waals surface area contributed by atoms with E-state index >= 15 is 0 Å². The highest BCUT2D eigenvalue weighted by Crippen LogP contribution is 2.28. The fraction of sp³-hybridized carbons (Fsp3) is 0.125. The van der Waals surface area contributed by atoms with Crippen molar-refractivity contribution in [1.29, 1.82) is 0 Å². The molecule has 0 aliphatic carbocycles. The normalized spacial score (nSPS) is 10.6. The summed E-state index contributed by atoms with van der Waals surface area (Å²) >= 11 is 0. The van der Waals surface area contributed by atoms with E-state index in [4.69, 9.17) is 14.2 Å². The fourth-order valence-electron chi connectivity index (χ4n) is 2.72. The van der Waals surface area contributed by atoms with E-state index < -0.39 is 5.97 Å². The molecule has 0 unspecified atom stereocenters. The van der Waals surface area contributed by atoms with Crippen LogP contribution in [0.15, 0.2) is 78.9 Å². The van der Waals surface area contributed by atoms with Gasteiger partial charge in [0.15, 0.2) is 11.5 Å². The van der Waals surface area contributed by atoms with Crippen LogP contribution in [0.2, 0.25) is 0 Å². The zero-order valence-corrected chi connectivity index (χ0v) is 15.9. The van der Waals surface area contributed by atoms with Gasteiger partial charge in [-0.25, -0.2) is 4.79 Å². The first-order chi connectivity index (χ1) is 13.7. The summed E-state index contributed by atoms with van der Waals surface area (Å²) in [6, 6.07) is 22.9. The molecule has 0 aliphatic rings. The molecular weight excluding hydrogens is 352 g/mol. The van der Waals surface area contributed by atoms with Crippen molar-refractivity contribution >= 4 is 12.0 Å². The number of ether oxygens (including phenoxy) is 3. The average molecular weight is 374 g/mol. The summed E-state index contributed by atoms with van der Waals surface area (Å²) in [5.74, 6) is 1.34. The molecule has 0 radical (unpaired) electrons. The highest BCUT2D eigenvalue weighted by molar-refractivity contribution is 5.89. The van der Waals surface area contributed by atoms with E-state index in [0.29, 0.717) is 23.9 Å². The van der Waals surface area contributed by atoms with Gasteiger partial charge in [-0.15, -0.1) is 0 Å². The van der Waals surface area contributed by atoms with Crippen LogP contribution in [0.25, 0.3) is 17.2 Å². The van der Waals surface area contributed by atoms with Crippen LogP contribution in [0.3, 0.4) is 0 Å². The summed E-state index contributed by atoms with van der Waals surface area (Å²) in [6.45, 7) is 2.47. The Bertz CT molecular complexity index is 944. The van der Waals surface area contributed by atoms with Crippen LogP contribution < -0.4 is 14.2 Å². The second-order valence-electron chi connectivity index (χ2n) is 5.99. The number of benzene rings is 3. The first-order valence-corrected chi connectivity index (χ1v) is 9.06. The third-order valence-corrected chi connectivity index (χ3v) is 4.08. The van der Waals surface area contributed by atoms with Gasteiger partial charge in [-0.3, -0.25) is 0 Å². The van der Waals surface area contributed by atoms with Crippen LogP contribution in [0.1, 0.15) is 12.5 Å². The summed E-state index contributed by atoms with van der Waals surface area (Å²) in [4.78, 5) is 12.1. The van der Waals surface area contributed by atoms with Crippen LogP contribution in [-0.4, -0.2) is 19.7 Å². The van der Waals surface area contributed by atoms with Crippen molar-refractivity contribution in [3.8, 4) is 28.4 Å². The van der Waals surface area contributed by atoms with E-state index in [1.165, 1.54) is 6.08 Å². The van der Waals surface area contributed by atoms with Gasteiger partial charge in [-0.2, -0.15) is 0 Å². The molecule has 0 saturated carbocycles. The third-order valence-electron chi connectivity index (χ3n) is 4.08. The second kappa shape index (κ2) is 9.42. The Kier molecular flexibility index (Phi) is 6.47. The number of methoxy groups -OCH3 is 1. The SMILES string of the molecule is CCOc1ccc(/C=C/C(=O)Oc2ccc(-c3ccccc3)cc2)cc1OC. The van der Waals surface area contributed by atoms with Crippen LogP contribution in [0.4, 0.5) is 0 Å². The lowest BCUT2D eigenvalue weighted by Gasteiger charge is -2.09. The first-order valence-electron chi connectivity index (χ1n) is 9.06. The Labute approximate surface area is 165 Å². The topological polar surface area (TPSA) is 44.8 Å². The lowest BCUT2D eigenvalue weighted by Crippen LogP contribution is -2.03. The zero-order chi connectivity index (χ0) is 19.8. The van der Waals surface area contributed by atoms with Crippen LogP contribution in [0.5, 0.6) is 17.2 Å². The van der Waals surface area contributed by atoms with Crippen molar-refractivity contribution in [2.24, 2.45) is 0 Å². The quantitative estimate of drug-likeness (QED) is 0.316. The van der Waals surface area contributed by atoms with Gasteiger partial charge in [0, 0.05) is 6.08 Å². The molecule has 0 N–H and O–H groups in total. The summed E-state index contributed by atoms with van der Waals surface area (Å²) in [7, 11) is 1.58. The molecule has 0 amide bonds. The Hall–Kier alpha value is -3.53. The molecule has 0 aliphatic heterocycles. The molecule has 0 bridgehead atoms. The molecule has 28 heavy (non-hydrogen) atoms. The number of hydrogen-bond acceptors (Lipinski definition) is 4. The average Bonchev–Trinajstić information content (AvgIpc) is 2.74. The van der Waals surface area contributed by atoms with Gasteiger partial charge in [0.25, 0.3) is 0 Å². The molecule has 0 atom stereocenters. The lowest BCUT2D eigenvalue weighted by atomic mass is 10.1. The van der Waals surface area contributed by atoms with Gasteiger partial charge in [0.05, 0.1) is 13.7 Å². The lowest BCUT2D eigenvalue weighted by molar-refractivity contribution is -0.128. The predicted octanol–water partition coefficient (Wildman–Crippen LogP) is 5.38. The summed E-state index contributed by atoms with van der Waals surface area (Å²) in [5.41, 5.74) is 3.00. The largest absolute Gasteiger partial charge is 0.493 e. The highest BCUT2D eigenvalue weighted by Gasteiger charge is 2.05. The standard InChI is InChI=1S/C24H22O4/c1-3-27-22-15-9-18(17-23(22)26-2)10-16-24(25)28-21-13-11-20(12-14-21)19-7-5-4-6-8-19/h4-17H,3H2,1-2H3/b16-10+. The molecule has 0 saturated heterocycles. The maximum atomic E-state index is 12.1. The summed E-state index contributed by atoms with van der Waals surface area (Å²) < 4.78 is 16.2. The molecule has 0 heterocycles. The fourth-order valence-corrected chi connectivity index (χ4v) is 2.72. The van der Waals surface area contributed by atoms with Crippen molar-refractivity contribution in [1.82, 2.24) is 0 Å². The molecule has 0 spiro atoms. The molecule has 4 nitrogen and oxygen atoms in total. The molecule has 3 aromatic carbocycles. The van der Waals surface area contributed by atoms with E-state index in [1.807, 2.05) is 67.6 Å². The number of rotatable bonds is 7. The van der Waals surface area contributed by atoms with E-state index in [-0.39, 0.29) is 0 Å². The summed E-state index contributed by atoms with van der Waals surface area (Å²) in [6.07, 6.45) is 3.07. The minimum atomic E-state index is -0.444. The molecule has 0 aromatic heterocycles. The van der Waals surface area contributed by atoms with Crippen molar-refractivity contribution < 1.29 is 19.0 Å². The van der Waals surface area contributed by atoms with Crippen LogP contribution >= 0.6 is 0 Å². The smallest absolute Gasteiger partial charge is 0.336 e. The van der Waals surface area contributed by atoms with Gasteiger partial charge in [-0.05, 0) is 54.0 Å². The van der Waals surface area contributed by atoms with Crippen molar-refractivity contribution in [2.45, 2.75) is 6.92 Å². The van der Waals surface area contributed by atoms with E-state index in [0.717, 1.165) is 16.7 Å². The molecule has 0 fully saturated rings. The van der Waals surface area contributed by atoms with Crippen LogP contribution in [0, 0.1) is 0 Å². The molecular formula is C24H22O4. The van der Waals surface area contributed by atoms with E-state index in [2.05, 4.69) is 0 Å². The number of hydrogen-bond donors (Lipinski definition) is 0. The number of carbonyl (C=O) groups is 1. The maximum Gasteiger partial charge on any atom is 0.336 e. The van der Waals surface area contributed by atoms with Crippen molar-refractivity contribution in [3.05, 3.63) is 84.4 Å². The Morgan fingerprint density at radius 3 is 2.29 bits per heavy atom. The van der Waals surface area contributed by atoms with Crippen molar-refractivity contribution in [2.75, 3.05) is 13.7 Å². The number of esters is 1. The molecule has 142 valence electrons. The minimum Gasteiger partial charge on any atom is -0.493 e. The van der Waals surface area contributed by atoms with Gasteiger partial charge in [0.1, 0.15) is 5.75 Å². The third kappa shape index (κ3) is 5.01. The van der Waals surface area contributed by atoms with Gasteiger partial charge < -0.3 is 14.2 Å². The zero-order valence-electron chi connectivity index (χ0n) is 15.9. The Morgan fingerprint density at radius 2 is 1.61 bits per heavy atom. The molecule has 3 aromatic rings. The summed E-state index contributed by atoms with van der Waals surface area (Å²) in [5, 5.41) is 0. The van der Waals surface area contributed by atoms with E-state index in [1.54, 1.807) is 25.3 Å². The predicted molar refractivity (Wildman–Crippen MR) is 111 cm³/mol. The van der Waals surface area contributed by atoms with E-state index in [9.17, 15) is 4.79 Å². The van der Waals surface area contributed by atoms with Crippen LogP contribution in [-0.2, 0) is 4.79 Å². The van der Waals surface area contributed by atoms with Gasteiger partial charge in [-0.1, -0.05) is 48.5 Å². The van der Waals surface area contributed by atoms with Gasteiger partial charge >= 0.3 is 5.97 Å². The Morgan fingerprint density at radius 1 is 0.893 bits per heavy atom. The minimum absolute atomic E-state index is 0.444. The first kappa shape index (κ1) is 19.2. The molecule has 3 rings (SSSR count). The van der Waals surface area contributed by atoms with Gasteiger partial charge in [0.2, 0.25) is 0 Å². The number of carbonyl (C=O) groups excluding carboxylic acids is 1. The highest BCUT2D eigenvalue weighted by atomic mass is 16.5. The molecule has 4 heteroatoms. The maximum absolute atomic E-state index is 12.1.